The summed E-state index contributed by atoms with van der Waals surface area (Å²) in [6, 6.07) is 17.2. The van der Waals surface area contributed by atoms with Crippen LogP contribution < -0.4 is 9.62 Å². The lowest BCUT2D eigenvalue weighted by Crippen LogP contribution is -2.45. The van der Waals surface area contributed by atoms with E-state index in [1.54, 1.807) is 29.2 Å². The number of amides is 1. The largest absolute Gasteiger partial charge is 0.311 e. The highest BCUT2D eigenvalue weighted by Crippen LogP contribution is 2.32. The summed E-state index contributed by atoms with van der Waals surface area (Å²) in [6.07, 6.45) is 2.95. The summed E-state index contributed by atoms with van der Waals surface area (Å²) in [5, 5.41) is 1.92. The van der Waals surface area contributed by atoms with Crippen LogP contribution in [0.3, 0.4) is 0 Å². The van der Waals surface area contributed by atoms with Crippen molar-refractivity contribution >= 4 is 57.1 Å². The third-order valence-electron chi connectivity index (χ3n) is 6.48. The Balaban J connectivity index is 1.21. The maximum Gasteiger partial charge on any atom is 0.245 e. The van der Waals surface area contributed by atoms with E-state index in [-0.39, 0.29) is 37.6 Å². The fourth-order valence-electron chi connectivity index (χ4n) is 4.74. The number of halogens is 1. The number of sulfonamides is 1. The molecule has 0 bridgehead atoms. The number of likely N-dealkylation sites (tertiary alicyclic amines) is 1. The molecule has 2 saturated heterocycles. The zero-order valence-electron chi connectivity index (χ0n) is 18.1. The van der Waals surface area contributed by atoms with Gasteiger partial charge in [-0.15, -0.1) is 0 Å². The standard InChI is InChI=1S/C24H26IN3O3S2/c29-23-22(27-14-10-19(11-15-27)18-4-2-1-3-5-18)12-16-28(23)20-6-8-21(9-7-20)33(30,31)26-24-25-13-17-32-24/h1-9,13,17,19,22,26H,10-12,14-16H2/t22-/m0/s1. The van der Waals surface area contributed by atoms with Gasteiger partial charge in [-0.2, -0.15) is 4.72 Å². The minimum Gasteiger partial charge on any atom is -0.311 e. The Labute approximate surface area is 209 Å². The molecule has 3 aliphatic rings. The summed E-state index contributed by atoms with van der Waals surface area (Å²) in [7, 11) is -3.59. The van der Waals surface area contributed by atoms with Gasteiger partial charge in [0.25, 0.3) is 0 Å². The molecule has 2 aromatic rings. The third-order valence-corrected chi connectivity index (χ3v) is 12.3. The first-order chi connectivity index (χ1) is 16.0. The van der Waals surface area contributed by atoms with Crippen LogP contribution in [0.4, 0.5) is 5.69 Å². The van der Waals surface area contributed by atoms with Gasteiger partial charge in [-0.1, -0.05) is 62.8 Å². The first-order valence-electron chi connectivity index (χ1n) is 11.1. The molecule has 3 aliphatic heterocycles. The number of carbonyl (C=O) groups excluding carboxylic acids is 1. The number of anilines is 1. The van der Waals surface area contributed by atoms with Crippen LogP contribution in [0, 0.1) is 0 Å². The van der Waals surface area contributed by atoms with Gasteiger partial charge < -0.3 is 4.90 Å². The highest BCUT2D eigenvalue weighted by Gasteiger charge is 2.38. The molecule has 1 N–H and O–H groups in total. The summed E-state index contributed by atoms with van der Waals surface area (Å²) in [5.74, 6) is 0.687. The van der Waals surface area contributed by atoms with Crippen molar-refractivity contribution in [2.24, 2.45) is 0 Å². The van der Waals surface area contributed by atoms with Crippen LogP contribution in [0.15, 0.2) is 69.0 Å². The van der Waals surface area contributed by atoms with Crippen molar-refractivity contribution < 1.29 is 13.2 Å². The van der Waals surface area contributed by atoms with E-state index < -0.39 is 10.0 Å². The van der Waals surface area contributed by atoms with Gasteiger partial charge in [0.05, 0.1) is 13.9 Å². The van der Waals surface area contributed by atoms with E-state index in [0.29, 0.717) is 12.5 Å². The van der Waals surface area contributed by atoms with Crippen LogP contribution in [-0.4, -0.2) is 47.9 Å². The normalized spacial score (nSPS) is 22.4. The van der Waals surface area contributed by atoms with Crippen molar-refractivity contribution in [1.29, 1.82) is 0 Å². The second-order valence-corrected chi connectivity index (χ2v) is 14.1. The molecular formula is C24H26IN3O3S2. The molecule has 1 atom stereocenters. The maximum atomic E-state index is 13.2. The highest BCUT2D eigenvalue weighted by molar-refractivity contribution is 14.2. The van der Waals surface area contributed by atoms with Gasteiger partial charge in [0, 0.05) is 12.2 Å². The molecule has 174 valence electrons. The van der Waals surface area contributed by atoms with E-state index in [0.717, 1.165) is 41.0 Å². The Bertz CT molecular complexity index is 1180. The zero-order chi connectivity index (χ0) is 22.8. The Morgan fingerprint density at radius 2 is 1.67 bits per heavy atom. The van der Waals surface area contributed by atoms with E-state index in [4.69, 9.17) is 0 Å². The van der Waals surface area contributed by atoms with Gasteiger partial charge in [0.1, 0.15) is 0 Å². The van der Waals surface area contributed by atoms with E-state index in [9.17, 15) is 13.2 Å². The van der Waals surface area contributed by atoms with Crippen LogP contribution in [0.1, 0.15) is 30.7 Å². The zero-order valence-corrected chi connectivity index (χ0v) is 21.9. The summed E-state index contributed by atoms with van der Waals surface area (Å²) in [6.45, 7) is 2.53. The van der Waals surface area contributed by atoms with Gasteiger partial charge in [0.2, 0.25) is 15.9 Å². The molecule has 0 spiro atoms. The van der Waals surface area contributed by atoms with Crippen molar-refractivity contribution in [3.8, 4) is 0 Å². The van der Waals surface area contributed by atoms with E-state index in [1.807, 2.05) is 9.49 Å². The first-order valence-corrected chi connectivity index (χ1v) is 15.8. The number of hydrogen-bond acceptors (Lipinski definition) is 5. The van der Waals surface area contributed by atoms with Crippen LogP contribution in [0.2, 0.25) is 0 Å². The number of nitrogens with zero attached hydrogens (tertiary/aromatic N) is 2. The molecule has 0 radical (unpaired) electrons. The van der Waals surface area contributed by atoms with Gasteiger partial charge in [-0.05, 0) is 77.6 Å². The van der Waals surface area contributed by atoms with Crippen LogP contribution in [0.25, 0.3) is 0 Å². The second-order valence-electron chi connectivity index (χ2n) is 8.38. The Morgan fingerprint density at radius 3 is 2.33 bits per heavy atom. The summed E-state index contributed by atoms with van der Waals surface area (Å²) >= 11 is 1.06. The quantitative estimate of drug-likeness (QED) is 0.507. The molecule has 0 unspecified atom stereocenters. The first kappa shape index (κ1) is 23.2. The summed E-state index contributed by atoms with van der Waals surface area (Å²) in [5.41, 5.74) is 2.15. The van der Waals surface area contributed by atoms with E-state index >= 15 is 0 Å². The van der Waals surface area contributed by atoms with Gasteiger partial charge in [-0.25, -0.2) is 8.42 Å². The topological polar surface area (TPSA) is 69.7 Å². The van der Waals surface area contributed by atoms with Gasteiger partial charge >= 0.3 is 0 Å². The second kappa shape index (κ2) is 9.99. The SMILES string of the molecule is O=C1[C@@H](N2CCC(c3ccccc3)CC2)CCN1c1ccc(S(=O)(=O)NC2=IC=CS2)cc1. The lowest BCUT2D eigenvalue weighted by atomic mass is 9.89. The van der Waals surface area contributed by atoms with Crippen molar-refractivity contribution in [1.82, 2.24) is 9.62 Å². The molecule has 0 saturated carbocycles. The number of carbonyl (C=O) groups is 1. The number of nitrogens with one attached hydrogen (secondary N) is 1. The molecule has 2 fully saturated rings. The predicted molar refractivity (Wildman–Crippen MR) is 143 cm³/mol. The summed E-state index contributed by atoms with van der Waals surface area (Å²) in [4.78, 5) is 17.6. The fourth-order valence-corrected chi connectivity index (χ4v) is 10.1. The molecule has 6 nitrogen and oxygen atoms in total. The van der Waals surface area contributed by atoms with E-state index in [1.165, 1.54) is 17.3 Å². The van der Waals surface area contributed by atoms with Crippen molar-refractivity contribution in [2.75, 3.05) is 24.5 Å². The molecule has 5 rings (SSSR count). The monoisotopic (exact) mass is 595 g/mol. The Morgan fingerprint density at radius 1 is 0.939 bits per heavy atom. The predicted octanol–water partition coefficient (Wildman–Crippen LogP) is 4.23. The van der Waals surface area contributed by atoms with Gasteiger partial charge in [-0.3, -0.25) is 9.69 Å². The van der Waals surface area contributed by atoms with Crippen LogP contribution in [0.5, 0.6) is 0 Å². The van der Waals surface area contributed by atoms with Crippen molar-refractivity contribution in [3.05, 3.63) is 69.7 Å². The van der Waals surface area contributed by atoms with Crippen molar-refractivity contribution in [2.45, 2.75) is 36.1 Å². The Kier molecular flexibility index (Phi) is 7.03. The number of hydrogen-bond donors (Lipinski definition) is 1. The highest BCUT2D eigenvalue weighted by atomic mass is 127. The fraction of sp³-hybridized carbons (Fsp3) is 0.333. The molecule has 2 aromatic carbocycles. The number of benzene rings is 2. The molecule has 0 aliphatic carbocycles. The molecule has 33 heavy (non-hydrogen) atoms. The minimum absolute atomic E-state index is 0.0842. The Hall–Kier alpha value is -1.53. The lowest BCUT2D eigenvalue weighted by molar-refractivity contribution is -0.122. The van der Waals surface area contributed by atoms with Crippen LogP contribution in [-0.2, 0) is 14.8 Å². The average Bonchev–Trinajstić information content (AvgIpc) is 3.49. The molecule has 1 amide bonds. The van der Waals surface area contributed by atoms with Crippen LogP contribution >= 0.6 is 32.5 Å². The maximum absolute atomic E-state index is 13.2. The molecule has 0 aromatic heterocycles. The smallest absolute Gasteiger partial charge is 0.245 e. The third kappa shape index (κ3) is 5.12. The molecular weight excluding hydrogens is 569 g/mol. The van der Waals surface area contributed by atoms with Crippen molar-refractivity contribution in [3.63, 3.8) is 0 Å². The minimum atomic E-state index is -3.59. The molecule has 9 heteroatoms. The molecule has 3 heterocycles. The number of rotatable bonds is 6. The lowest BCUT2D eigenvalue weighted by Gasteiger charge is -2.35. The van der Waals surface area contributed by atoms with E-state index in [2.05, 4.69) is 40.0 Å². The van der Waals surface area contributed by atoms with Gasteiger partial charge in [0.15, 0.2) is 0 Å². The number of thioether (sulfide) groups is 1. The number of piperidine rings is 1. The summed E-state index contributed by atoms with van der Waals surface area (Å²) < 4.78 is 30.8. The average molecular weight is 596 g/mol.